The SMILES string of the molecule is [2H]c1c([2H])c([2H])c(-c2c([2H])c([2H])c([2H])c([2H])c2N(c2c([2H])c([2H])c([2H])c([2H])c2[2H])c2ccc3c4cc5c(cc4n4c6ccc(C78CCC(CC7)C8)cc6c2c34)c2ccc(N(c3c([2H])c([2H])c([2H])c([2H])c3[2H])c3c([2H])c([2H])c([2H])c([2H])c3-c3c([2H])c([2H])c([2H])c([2H])c3[2H])c3c4cc(C67CCC(CC6)C7)ccc4n5c23)c([2H])c1[2H]. The van der Waals surface area contributed by atoms with Crippen molar-refractivity contribution in [1.29, 1.82) is 0 Å². The smallest absolute Gasteiger partial charge is 0.0645 e. The van der Waals surface area contributed by atoms with E-state index < -0.39 is 214 Å². The first kappa shape index (κ1) is 27.8. The highest BCUT2D eigenvalue weighted by Crippen LogP contribution is 2.59. The summed E-state index contributed by atoms with van der Waals surface area (Å²) in [5.74, 6) is 0.981. The second kappa shape index (κ2) is 17.6. The zero-order valence-corrected chi connectivity index (χ0v) is 44.9. The normalized spacial score (nSPS) is 24.9. The maximum absolute atomic E-state index is 10.0. The molecule has 0 radical (unpaired) electrons. The van der Waals surface area contributed by atoms with Crippen molar-refractivity contribution in [3.05, 3.63) is 253 Å². The summed E-state index contributed by atoms with van der Waals surface area (Å²) in [5, 5.41) is 4.45. The number of anilines is 6. The van der Waals surface area contributed by atoms with Gasteiger partial charge >= 0.3 is 0 Å². The van der Waals surface area contributed by atoms with E-state index in [0.717, 1.165) is 85.1 Å². The quantitative estimate of drug-likeness (QED) is 0.136. The average Bonchev–Trinajstić information content (AvgIpc) is 1.51. The van der Waals surface area contributed by atoms with Gasteiger partial charge in [0.2, 0.25) is 0 Å². The van der Waals surface area contributed by atoms with Crippen molar-refractivity contribution < 1.29 is 38.4 Å². The summed E-state index contributed by atoms with van der Waals surface area (Å²) in [6.45, 7) is 0. The van der Waals surface area contributed by atoms with Gasteiger partial charge in [-0.05, 0) is 194 Å². The van der Waals surface area contributed by atoms with Crippen molar-refractivity contribution >= 4 is 110 Å². The van der Waals surface area contributed by atoms with E-state index in [1.165, 1.54) is 0 Å². The number of aromatic nitrogens is 2. The fourth-order valence-corrected chi connectivity index (χ4v) is 16.3. The minimum absolute atomic E-state index is 0.0363. The van der Waals surface area contributed by atoms with Crippen LogP contribution >= 0.6 is 0 Å². The highest BCUT2D eigenvalue weighted by molar-refractivity contribution is 6.32. The molecular formula is C80H62N4. The number of rotatable bonds is 10. The Kier molecular flexibility index (Phi) is 5.82. The number of para-hydroxylation sites is 4. The second-order valence-corrected chi connectivity index (χ2v) is 23.7. The first-order valence-corrected chi connectivity index (χ1v) is 28.7. The molecule has 0 aliphatic heterocycles. The molecule has 0 spiro atoms. The molecule has 4 fully saturated rings. The fraction of sp³-hybridized carbons (Fsp3) is 0.175. The summed E-state index contributed by atoms with van der Waals surface area (Å²) in [7, 11) is 0. The van der Waals surface area contributed by atoms with Crippen LogP contribution in [0.3, 0.4) is 0 Å². The van der Waals surface area contributed by atoms with Crippen LogP contribution in [-0.4, -0.2) is 8.80 Å². The van der Waals surface area contributed by atoms with E-state index in [-0.39, 0.29) is 22.2 Å². The van der Waals surface area contributed by atoms with Crippen molar-refractivity contribution in [3.8, 4) is 22.3 Å². The molecule has 402 valence electrons. The van der Waals surface area contributed by atoms with Gasteiger partial charge in [-0.3, -0.25) is 0 Å². The Balaban J connectivity index is 0.966. The van der Waals surface area contributed by atoms with Gasteiger partial charge in [0, 0.05) is 65.6 Å². The predicted octanol–water partition coefficient (Wildman–Crippen LogP) is 21.9. The molecule has 4 heteroatoms. The Bertz CT molecular complexity index is 6340. The molecule has 0 amide bonds. The lowest BCUT2D eigenvalue weighted by molar-refractivity contribution is 0.419. The Morgan fingerprint density at radius 1 is 0.345 bits per heavy atom. The van der Waals surface area contributed by atoms with Crippen molar-refractivity contribution in [2.45, 2.75) is 75.0 Å². The van der Waals surface area contributed by atoms with Crippen LogP contribution in [0.25, 0.3) is 98.4 Å². The van der Waals surface area contributed by atoms with E-state index in [9.17, 15) is 24.7 Å². The molecular weight excluding hydrogens is 1020 g/mol. The fourth-order valence-electron chi connectivity index (χ4n) is 16.3. The van der Waals surface area contributed by atoms with E-state index in [2.05, 4.69) is 24.3 Å². The lowest BCUT2D eigenvalue weighted by Crippen LogP contribution is -2.19. The van der Waals surface area contributed by atoms with Crippen LogP contribution in [0.4, 0.5) is 34.1 Å². The van der Waals surface area contributed by atoms with Gasteiger partial charge in [-0.1, -0.05) is 157 Å². The predicted molar refractivity (Wildman–Crippen MR) is 353 cm³/mol. The summed E-state index contributed by atoms with van der Waals surface area (Å²) < 4.78 is 264. The van der Waals surface area contributed by atoms with Crippen LogP contribution in [-0.2, 0) is 10.8 Å². The lowest BCUT2D eigenvalue weighted by Gasteiger charge is -2.29. The summed E-state index contributed by atoms with van der Waals surface area (Å²) >= 11 is 0. The Labute approximate surface area is 528 Å². The van der Waals surface area contributed by atoms with E-state index >= 15 is 0 Å². The van der Waals surface area contributed by atoms with Crippen LogP contribution in [0.15, 0.2) is 242 Å². The molecule has 0 unspecified atom stereocenters. The van der Waals surface area contributed by atoms with Crippen molar-refractivity contribution in [1.82, 2.24) is 8.80 Å². The molecule has 0 atom stereocenters. The third-order valence-corrected chi connectivity index (χ3v) is 19.8. The van der Waals surface area contributed by atoms with Gasteiger partial charge in [0.15, 0.2) is 0 Å². The van der Waals surface area contributed by atoms with Crippen LogP contribution < -0.4 is 9.80 Å². The van der Waals surface area contributed by atoms with Gasteiger partial charge in [0.25, 0.3) is 0 Å². The molecule has 4 aliphatic carbocycles. The molecule has 4 bridgehead atoms. The maximum Gasteiger partial charge on any atom is 0.0645 e. The zero-order chi connectivity index (χ0) is 79.2. The monoisotopic (exact) mass is 1110 g/mol. The van der Waals surface area contributed by atoms with E-state index in [4.69, 9.17) is 13.7 Å². The van der Waals surface area contributed by atoms with Crippen molar-refractivity contribution in [2.24, 2.45) is 11.8 Å². The van der Waals surface area contributed by atoms with E-state index in [1.807, 2.05) is 33.1 Å². The molecule has 11 aromatic carbocycles. The third kappa shape index (κ3) is 6.54. The lowest BCUT2D eigenvalue weighted by atomic mass is 9.77. The van der Waals surface area contributed by atoms with Crippen LogP contribution in [0.1, 0.15) is 114 Å². The molecule has 15 aromatic rings. The Morgan fingerprint density at radius 3 is 1.12 bits per heavy atom. The maximum atomic E-state index is 10.0. The van der Waals surface area contributed by atoms with Gasteiger partial charge in [0.1, 0.15) is 0 Å². The van der Waals surface area contributed by atoms with Gasteiger partial charge in [-0.25, -0.2) is 0 Å². The second-order valence-electron chi connectivity index (χ2n) is 23.7. The largest absolute Gasteiger partial charge is 0.309 e. The van der Waals surface area contributed by atoms with Gasteiger partial charge in [-0.15, -0.1) is 0 Å². The molecule has 4 nitrogen and oxygen atoms in total. The van der Waals surface area contributed by atoms with Crippen molar-refractivity contribution in [3.63, 3.8) is 0 Å². The van der Waals surface area contributed by atoms with Crippen LogP contribution in [0, 0.1) is 11.8 Å². The number of hydrogen-bond donors (Lipinski definition) is 0. The molecule has 4 saturated carbocycles. The highest BCUT2D eigenvalue weighted by Gasteiger charge is 2.47. The minimum atomic E-state index is -0.850. The molecule has 19 rings (SSSR count). The molecule has 84 heavy (non-hydrogen) atoms. The third-order valence-electron chi connectivity index (χ3n) is 19.8. The van der Waals surface area contributed by atoms with Gasteiger partial charge in [-0.2, -0.15) is 0 Å². The Hall–Kier alpha value is -9.38. The van der Waals surface area contributed by atoms with Crippen molar-refractivity contribution in [2.75, 3.05) is 9.80 Å². The number of benzene rings is 11. The highest BCUT2D eigenvalue weighted by atomic mass is 15.2. The standard InChI is InChI=1S/C80H62N4/c1-5-17-53(18-6-1)59-25-13-15-27-67(59)81(57-21-9-3-10-22-57)71-35-31-61-63-47-74-64(48-73(63)83-69-33-29-55(45-65(69)75(71)77(61)83)79-41-37-51(49-79)38-42-79)62-32-36-72(76-66-46-56(30-34-70(66)84(74)78(62)76)80-43-39-52(50-80)40-44-80)82(58-23-11-4-12-24-58)68-28-16-14-26-60(68)54-19-7-2-8-20-54/h1-36,45-48,51-52H,37-44,49-50H2/i1D,2D,3D,4D,5D,6D,7D,8D,9D,10D,11D,12D,13D,14D,15D,16D,17D,18D,19D,20D,21D,22D,23D,24D,25D,26D,27D,28D. The summed E-state index contributed by atoms with van der Waals surface area (Å²) in [6, 6.07) is 0.355. The number of nitrogens with zero attached hydrogens (tertiary/aromatic N) is 4. The molecule has 4 heterocycles. The summed E-state index contributed by atoms with van der Waals surface area (Å²) in [6.07, 6.45) is 9.46. The van der Waals surface area contributed by atoms with Gasteiger partial charge in [0.05, 0.1) is 94.2 Å². The van der Waals surface area contributed by atoms with Crippen LogP contribution in [0.2, 0.25) is 0 Å². The zero-order valence-electron chi connectivity index (χ0n) is 72.9. The minimum Gasteiger partial charge on any atom is -0.309 e. The first-order chi connectivity index (χ1) is 53.2. The van der Waals surface area contributed by atoms with Gasteiger partial charge < -0.3 is 18.6 Å². The topological polar surface area (TPSA) is 15.3 Å². The summed E-state index contributed by atoms with van der Waals surface area (Å²) in [5.41, 5.74) is 0.310. The first-order valence-electron chi connectivity index (χ1n) is 42.7. The molecule has 4 aromatic heterocycles. The summed E-state index contributed by atoms with van der Waals surface area (Å²) in [4.78, 5) is 2.32. The number of hydrogen-bond acceptors (Lipinski definition) is 2. The van der Waals surface area contributed by atoms with E-state index in [1.54, 1.807) is 24.3 Å². The molecule has 4 aliphatic rings. The van der Waals surface area contributed by atoms with E-state index in [0.29, 0.717) is 88.0 Å². The molecule has 0 saturated heterocycles. The van der Waals surface area contributed by atoms with Crippen LogP contribution in [0.5, 0.6) is 0 Å². The molecule has 0 N–H and O–H groups in total. The number of fused-ring (bicyclic) bond motifs is 16. The average molecular weight is 1110 g/mol. The Morgan fingerprint density at radius 2 is 0.726 bits per heavy atom.